The van der Waals surface area contributed by atoms with Crippen molar-refractivity contribution < 1.29 is 14.3 Å². The molecule has 2 atom stereocenters. The monoisotopic (exact) mass is 527 g/mol. The first kappa shape index (κ1) is 26.1. The van der Waals surface area contributed by atoms with Crippen LogP contribution in [0.2, 0.25) is 0 Å². The molecule has 2 aromatic heterocycles. The zero-order chi connectivity index (χ0) is 27.5. The van der Waals surface area contributed by atoms with Gasteiger partial charge in [-0.3, -0.25) is 9.59 Å². The number of amides is 2. The van der Waals surface area contributed by atoms with Crippen LogP contribution in [0.1, 0.15) is 47.6 Å². The van der Waals surface area contributed by atoms with E-state index in [4.69, 9.17) is 15.6 Å². The lowest BCUT2D eigenvalue weighted by Gasteiger charge is -2.30. The van der Waals surface area contributed by atoms with Crippen molar-refractivity contribution in [2.24, 2.45) is 5.92 Å². The number of aromatic nitrogens is 4. The molecular weight excluding hydrogens is 494 g/mol. The first-order valence-corrected chi connectivity index (χ1v) is 13.1. The molecular formula is C29H33N7O3. The fourth-order valence-corrected chi connectivity index (χ4v) is 5.32. The molecule has 2 amide bonds. The Kier molecular flexibility index (Phi) is 7.44. The van der Waals surface area contributed by atoms with E-state index in [9.17, 15) is 9.59 Å². The van der Waals surface area contributed by atoms with Gasteiger partial charge in [-0.05, 0) is 37.0 Å². The van der Waals surface area contributed by atoms with Gasteiger partial charge in [0.2, 0.25) is 5.91 Å². The maximum Gasteiger partial charge on any atom is 0.255 e. The number of ether oxygens (including phenoxy) is 1. The topological polar surface area (TPSA) is 128 Å². The van der Waals surface area contributed by atoms with Gasteiger partial charge >= 0.3 is 0 Å². The first-order valence-electron chi connectivity index (χ1n) is 13.1. The molecule has 0 bridgehead atoms. The highest BCUT2D eigenvalue weighted by Crippen LogP contribution is 2.38. The second-order valence-electron chi connectivity index (χ2n) is 10.1. The van der Waals surface area contributed by atoms with Crippen LogP contribution in [0, 0.1) is 5.92 Å². The van der Waals surface area contributed by atoms with Gasteiger partial charge in [0.25, 0.3) is 5.91 Å². The van der Waals surface area contributed by atoms with Crippen molar-refractivity contribution in [2.75, 3.05) is 26.9 Å². The summed E-state index contributed by atoms with van der Waals surface area (Å²) < 4.78 is 7.22. The van der Waals surface area contributed by atoms with Gasteiger partial charge in [0, 0.05) is 32.1 Å². The Hall–Kier alpha value is -4.47. The van der Waals surface area contributed by atoms with Gasteiger partial charge in [0.1, 0.15) is 23.6 Å². The van der Waals surface area contributed by atoms with Gasteiger partial charge in [-0.25, -0.2) is 14.6 Å². The predicted molar refractivity (Wildman–Crippen MR) is 149 cm³/mol. The number of para-hydroxylation sites is 1. The van der Waals surface area contributed by atoms with Crippen LogP contribution in [0.5, 0.6) is 5.75 Å². The highest BCUT2D eigenvalue weighted by molar-refractivity contribution is 5.98. The van der Waals surface area contributed by atoms with E-state index in [2.05, 4.69) is 15.3 Å². The molecule has 2 heterocycles. The molecule has 0 saturated heterocycles. The van der Waals surface area contributed by atoms with E-state index in [1.54, 1.807) is 44.3 Å². The third kappa shape index (κ3) is 5.27. The number of nitrogens with zero attached hydrogens (tertiary/aromatic N) is 5. The second kappa shape index (κ2) is 11.1. The van der Waals surface area contributed by atoms with Gasteiger partial charge in [-0.15, -0.1) is 0 Å². The number of methoxy groups -OCH3 is 1. The molecule has 2 aromatic carbocycles. The third-order valence-corrected chi connectivity index (χ3v) is 7.33. The molecule has 1 fully saturated rings. The lowest BCUT2D eigenvalue weighted by Crippen LogP contribution is -2.33. The summed E-state index contributed by atoms with van der Waals surface area (Å²) in [4.78, 5) is 35.8. The van der Waals surface area contributed by atoms with Gasteiger partial charge < -0.3 is 20.7 Å². The van der Waals surface area contributed by atoms with E-state index in [0.29, 0.717) is 46.8 Å². The number of hydrogen-bond donors (Lipinski definition) is 2. The number of hydrogen-bond acceptors (Lipinski definition) is 7. The Morgan fingerprint density at radius 3 is 2.62 bits per heavy atom. The number of carbonyl (C=O) groups excluding carboxylic acids is 2. The number of nitrogen functional groups attached to an aromatic ring is 1. The van der Waals surface area contributed by atoms with Crippen molar-refractivity contribution in [3.05, 3.63) is 66.0 Å². The van der Waals surface area contributed by atoms with Crippen molar-refractivity contribution in [3.8, 4) is 17.0 Å². The third-order valence-electron chi connectivity index (χ3n) is 7.33. The van der Waals surface area contributed by atoms with E-state index in [1.165, 1.54) is 6.33 Å². The molecule has 0 radical (unpaired) electrons. The molecule has 10 heteroatoms. The summed E-state index contributed by atoms with van der Waals surface area (Å²) in [5, 5.41) is 8.62. The van der Waals surface area contributed by atoms with E-state index in [-0.39, 0.29) is 23.8 Å². The number of fused-ring (bicyclic) bond motifs is 1. The van der Waals surface area contributed by atoms with Crippen molar-refractivity contribution in [1.82, 2.24) is 30.0 Å². The Bertz CT molecular complexity index is 1500. The molecule has 0 spiro atoms. The molecule has 202 valence electrons. The normalized spacial score (nSPS) is 17.1. The van der Waals surface area contributed by atoms with Gasteiger partial charge in [0.15, 0.2) is 5.65 Å². The molecule has 3 N–H and O–H groups in total. The molecule has 1 saturated carbocycles. The van der Waals surface area contributed by atoms with E-state index in [1.807, 2.05) is 35.0 Å². The summed E-state index contributed by atoms with van der Waals surface area (Å²) >= 11 is 0. The van der Waals surface area contributed by atoms with Crippen LogP contribution in [0.4, 0.5) is 5.82 Å². The summed E-state index contributed by atoms with van der Waals surface area (Å²) in [6, 6.07) is 15.0. The Balaban J connectivity index is 1.38. The number of anilines is 1. The second-order valence-corrected chi connectivity index (χ2v) is 10.1. The van der Waals surface area contributed by atoms with Crippen LogP contribution >= 0.6 is 0 Å². The minimum absolute atomic E-state index is 0.0361. The van der Waals surface area contributed by atoms with Gasteiger partial charge in [0.05, 0.1) is 24.1 Å². The Morgan fingerprint density at radius 2 is 1.87 bits per heavy atom. The Morgan fingerprint density at radius 1 is 1.10 bits per heavy atom. The average molecular weight is 528 g/mol. The molecule has 5 rings (SSSR count). The molecule has 1 aliphatic carbocycles. The predicted octanol–water partition coefficient (Wildman–Crippen LogP) is 3.83. The highest BCUT2D eigenvalue weighted by Gasteiger charge is 2.31. The standard InChI is InChI=1S/C29H33N7O3/c1-35(2)29(38)20-7-6-8-21(15-20)36-27-24(26(30)32-17-33-27)25(34-36)19-13-11-18(12-14-19)16-31-28(37)22-9-4-5-10-23(22)39-3/h4-5,9-14,17,20-21H,6-8,15-16H2,1-3H3,(H,31,37)(H2,30,32,33). The average Bonchev–Trinajstić information content (AvgIpc) is 3.37. The van der Waals surface area contributed by atoms with Gasteiger partial charge in [-0.2, -0.15) is 5.10 Å². The molecule has 10 nitrogen and oxygen atoms in total. The molecule has 2 unspecified atom stereocenters. The fraction of sp³-hybridized carbons (Fsp3) is 0.345. The summed E-state index contributed by atoms with van der Waals surface area (Å²) in [7, 11) is 5.15. The number of nitrogens with one attached hydrogen (secondary N) is 1. The first-order chi connectivity index (χ1) is 18.9. The summed E-state index contributed by atoms with van der Waals surface area (Å²) in [6.45, 7) is 0.362. The molecule has 0 aliphatic heterocycles. The van der Waals surface area contributed by atoms with Crippen LogP contribution in [0.15, 0.2) is 54.9 Å². The molecule has 39 heavy (non-hydrogen) atoms. The smallest absolute Gasteiger partial charge is 0.255 e. The molecule has 1 aliphatic rings. The number of benzene rings is 2. The quantitative estimate of drug-likeness (QED) is 0.374. The minimum Gasteiger partial charge on any atom is -0.496 e. The van der Waals surface area contributed by atoms with E-state index >= 15 is 0 Å². The summed E-state index contributed by atoms with van der Waals surface area (Å²) in [5.74, 6) is 0.809. The minimum atomic E-state index is -0.204. The highest BCUT2D eigenvalue weighted by atomic mass is 16.5. The fourth-order valence-electron chi connectivity index (χ4n) is 5.32. The van der Waals surface area contributed by atoms with Crippen LogP contribution < -0.4 is 15.8 Å². The zero-order valence-electron chi connectivity index (χ0n) is 22.4. The maximum atomic E-state index is 12.7. The summed E-state index contributed by atoms with van der Waals surface area (Å²) in [6.07, 6.45) is 4.91. The van der Waals surface area contributed by atoms with Crippen LogP contribution in [-0.2, 0) is 11.3 Å². The van der Waals surface area contributed by atoms with E-state index in [0.717, 1.165) is 30.4 Å². The Labute approximate surface area is 227 Å². The summed E-state index contributed by atoms with van der Waals surface area (Å²) in [5.41, 5.74) is 9.99. The van der Waals surface area contributed by atoms with Crippen LogP contribution in [0.25, 0.3) is 22.3 Å². The number of rotatable bonds is 7. The molecule has 4 aromatic rings. The van der Waals surface area contributed by atoms with Crippen molar-refractivity contribution in [1.29, 1.82) is 0 Å². The SMILES string of the molecule is COc1ccccc1C(=O)NCc1ccc(-c2nn(C3CCCC(C(=O)N(C)C)C3)c3ncnc(N)c23)cc1. The van der Waals surface area contributed by atoms with Crippen LogP contribution in [-0.4, -0.2) is 57.7 Å². The number of carbonyl (C=O) groups is 2. The lowest BCUT2D eigenvalue weighted by atomic mass is 9.85. The van der Waals surface area contributed by atoms with Crippen molar-refractivity contribution >= 4 is 28.7 Å². The van der Waals surface area contributed by atoms with Crippen molar-refractivity contribution in [2.45, 2.75) is 38.3 Å². The van der Waals surface area contributed by atoms with Crippen molar-refractivity contribution in [3.63, 3.8) is 0 Å². The largest absolute Gasteiger partial charge is 0.496 e. The maximum absolute atomic E-state index is 12.7. The lowest BCUT2D eigenvalue weighted by molar-refractivity contribution is -0.134. The number of nitrogens with two attached hydrogens (primary N) is 1. The zero-order valence-corrected chi connectivity index (χ0v) is 22.4. The van der Waals surface area contributed by atoms with Crippen LogP contribution in [0.3, 0.4) is 0 Å². The van der Waals surface area contributed by atoms with E-state index < -0.39 is 0 Å². The van der Waals surface area contributed by atoms with Gasteiger partial charge in [-0.1, -0.05) is 42.8 Å².